The van der Waals surface area contributed by atoms with E-state index in [4.69, 9.17) is 9.84 Å². The first-order valence-electron chi connectivity index (χ1n) is 5.77. The van der Waals surface area contributed by atoms with Crippen molar-refractivity contribution >= 4 is 11.3 Å². The molecule has 2 heterocycles. The predicted molar refractivity (Wildman–Crippen MR) is 65.9 cm³/mol. The summed E-state index contributed by atoms with van der Waals surface area (Å²) >= 11 is 1.75. The largest absolute Gasteiger partial charge is 0.394 e. The molecule has 90 valence electrons. The lowest BCUT2D eigenvalue weighted by Gasteiger charge is -2.36. The van der Waals surface area contributed by atoms with E-state index >= 15 is 0 Å². The molecule has 1 aliphatic rings. The molecule has 1 saturated heterocycles. The van der Waals surface area contributed by atoms with Gasteiger partial charge in [-0.25, -0.2) is 0 Å². The number of rotatable bonds is 4. The van der Waals surface area contributed by atoms with E-state index in [1.807, 2.05) is 0 Å². The quantitative estimate of drug-likeness (QED) is 0.864. The zero-order chi connectivity index (χ0) is 11.4. The van der Waals surface area contributed by atoms with Crippen molar-refractivity contribution in [3.05, 3.63) is 22.4 Å². The number of aliphatic hydroxyl groups excluding tert-OH is 1. The molecule has 0 spiro atoms. The molecule has 0 saturated carbocycles. The van der Waals surface area contributed by atoms with Crippen LogP contribution in [0.3, 0.4) is 0 Å². The fourth-order valence-corrected chi connectivity index (χ4v) is 2.81. The van der Waals surface area contributed by atoms with Gasteiger partial charge in [0, 0.05) is 19.1 Å². The van der Waals surface area contributed by atoms with Gasteiger partial charge in [-0.1, -0.05) is 0 Å². The SMILES string of the molecule is CC(Cc1ccsc1)N1CCOC(CO)C1. The van der Waals surface area contributed by atoms with E-state index in [1.54, 1.807) is 11.3 Å². The smallest absolute Gasteiger partial charge is 0.0932 e. The molecule has 16 heavy (non-hydrogen) atoms. The lowest BCUT2D eigenvalue weighted by molar-refractivity contribution is -0.0626. The van der Waals surface area contributed by atoms with Crippen LogP contribution in [-0.4, -0.2) is 48.5 Å². The molecule has 1 fully saturated rings. The Bertz CT molecular complexity index is 302. The zero-order valence-electron chi connectivity index (χ0n) is 9.63. The maximum atomic E-state index is 9.10. The van der Waals surface area contributed by atoms with Crippen molar-refractivity contribution in [1.29, 1.82) is 0 Å². The lowest BCUT2D eigenvalue weighted by atomic mass is 10.1. The number of ether oxygens (including phenoxy) is 1. The average Bonchev–Trinajstić information content (AvgIpc) is 2.82. The van der Waals surface area contributed by atoms with Gasteiger partial charge in [0.2, 0.25) is 0 Å². The van der Waals surface area contributed by atoms with Crippen LogP contribution in [0, 0.1) is 0 Å². The minimum atomic E-state index is -0.00123. The van der Waals surface area contributed by atoms with Crippen LogP contribution in [-0.2, 0) is 11.2 Å². The second-order valence-corrected chi connectivity index (χ2v) is 5.14. The predicted octanol–water partition coefficient (Wildman–Crippen LogP) is 1.37. The Morgan fingerprint density at radius 1 is 1.69 bits per heavy atom. The van der Waals surface area contributed by atoms with Gasteiger partial charge in [-0.2, -0.15) is 11.3 Å². The Hall–Kier alpha value is -0.420. The van der Waals surface area contributed by atoms with Gasteiger partial charge in [0.25, 0.3) is 0 Å². The highest BCUT2D eigenvalue weighted by atomic mass is 32.1. The van der Waals surface area contributed by atoms with E-state index in [2.05, 4.69) is 28.7 Å². The van der Waals surface area contributed by atoms with E-state index in [9.17, 15) is 0 Å². The topological polar surface area (TPSA) is 32.7 Å². The van der Waals surface area contributed by atoms with Crippen LogP contribution in [0.15, 0.2) is 16.8 Å². The van der Waals surface area contributed by atoms with Crippen LogP contribution in [0.4, 0.5) is 0 Å². The summed E-state index contributed by atoms with van der Waals surface area (Å²) in [5, 5.41) is 13.4. The molecular weight excluding hydrogens is 222 g/mol. The maximum Gasteiger partial charge on any atom is 0.0932 e. The maximum absolute atomic E-state index is 9.10. The van der Waals surface area contributed by atoms with E-state index in [-0.39, 0.29) is 12.7 Å². The van der Waals surface area contributed by atoms with Gasteiger partial charge in [-0.3, -0.25) is 4.90 Å². The van der Waals surface area contributed by atoms with Crippen LogP contribution in [0.2, 0.25) is 0 Å². The number of hydrogen-bond acceptors (Lipinski definition) is 4. The summed E-state index contributed by atoms with van der Waals surface area (Å²) in [7, 11) is 0. The Morgan fingerprint density at radius 2 is 2.56 bits per heavy atom. The van der Waals surface area contributed by atoms with Crippen molar-refractivity contribution in [2.24, 2.45) is 0 Å². The van der Waals surface area contributed by atoms with Gasteiger partial charge in [-0.15, -0.1) is 0 Å². The molecule has 0 amide bonds. The highest BCUT2D eigenvalue weighted by Gasteiger charge is 2.23. The Labute approximate surface area is 101 Å². The third kappa shape index (κ3) is 3.04. The molecule has 0 radical (unpaired) electrons. The normalized spacial score (nSPS) is 24.5. The van der Waals surface area contributed by atoms with Crippen molar-refractivity contribution in [2.45, 2.75) is 25.5 Å². The molecule has 0 aromatic carbocycles. The van der Waals surface area contributed by atoms with E-state index in [1.165, 1.54) is 5.56 Å². The fraction of sp³-hybridized carbons (Fsp3) is 0.667. The first-order valence-corrected chi connectivity index (χ1v) is 6.71. The number of hydrogen-bond donors (Lipinski definition) is 1. The van der Waals surface area contributed by atoms with Crippen LogP contribution in [0.5, 0.6) is 0 Å². The van der Waals surface area contributed by atoms with Crippen LogP contribution in [0.1, 0.15) is 12.5 Å². The van der Waals surface area contributed by atoms with Crippen molar-refractivity contribution in [3.8, 4) is 0 Å². The molecule has 1 aromatic rings. The third-order valence-corrected chi connectivity index (χ3v) is 3.84. The fourth-order valence-electron chi connectivity index (χ4n) is 2.13. The Balaban J connectivity index is 1.86. The summed E-state index contributed by atoms with van der Waals surface area (Å²) in [5.74, 6) is 0. The molecule has 4 heteroatoms. The molecule has 1 aliphatic heterocycles. The summed E-state index contributed by atoms with van der Waals surface area (Å²) in [6.45, 7) is 4.93. The minimum Gasteiger partial charge on any atom is -0.394 e. The molecule has 2 unspecified atom stereocenters. The highest BCUT2D eigenvalue weighted by Crippen LogP contribution is 2.15. The van der Waals surface area contributed by atoms with Gasteiger partial charge >= 0.3 is 0 Å². The standard InChI is InChI=1S/C12H19NO2S/c1-10(6-11-2-5-16-9-11)13-3-4-15-12(7-13)8-14/h2,5,9-10,12,14H,3-4,6-8H2,1H3. The van der Waals surface area contributed by atoms with Crippen LogP contribution < -0.4 is 0 Å². The molecule has 0 bridgehead atoms. The Kier molecular flexibility index (Phi) is 4.35. The molecule has 2 rings (SSSR count). The zero-order valence-corrected chi connectivity index (χ0v) is 10.4. The number of thiophene rings is 1. The van der Waals surface area contributed by atoms with Crippen LogP contribution in [0.25, 0.3) is 0 Å². The molecule has 3 nitrogen and oxygen atoms in total. The van der Waals surface area contributed by atoms with E-state index in [0.29, 0.717) is 6.04 Å². The molecule has 0 aliphatic carbocycles. The number of morpholine rings is 1. The van der Waals surface area contributed by atoms with Crippen LogP contribution >= 0.6 is 11.3 Å². The van der Waals surface area contributed by atoms with Crippen molar-refractivity contribution in [3.63, 3.8) is 0 Å². The van der Waals surface area contributed by atoms with Gasteiger partial charge in [0.15, 0.2) is 0 Å². The summed E-state index contributed by atoms with van der Waals surface area (Å²) in [6, 6.07) is 2.71. The second-order valence-electron chi connectivity index (χ2n) is 4.36. The number of nitrogens with zero attached hydrogens (tertiary/aromatic N) is 1. The van der Waals surface area contributed by atoms with Gasteiger partial charge in [-0.05, 0) is 35.7 Å². The molecule has 1 N–H and O–H groups in total. The second kappa shape index (κ2) is 5.77. The molecule has 2 atom stereocenters. The number of aliphatic hydroxyl groups is 1. The van der Waals surface area contributed by atoms with E-state index in [0.717, 1.165) is 26.1 Å². The van der Waals surface area contributed by atoms with Gasteiger partial charge in [0.05, 0.1) is 19.3 Å². The summed E-state index contributed by atoms with van der Waals surface area (Å²) < 4.78 is 5.45. The lowest BCUT2D eigenvalue weighted by Crippen LogP contribution is -2.48. The Morgan fingerprint density at radius 3 is 3.25 bits per heavy atom. The first-order chi connectivity index (χ1) is 7.79. The molecular formula is C12H19NO2S. The molecule has 1 aromatic heterocycles. The first kappa shape index (κ1) is 12.0. The summed E-state index contributed by atoms with van der Waals surface area (Å²) in [4.78, 5) is 2.40. The summed E-state index contributed by atoms with van der Waals surface area (Å²) in [6.07, 6.45) is 1.08. The van der Waals surface area contributed by atoms with Crippen molar-refractivity contribution in [1.82, 2.24) is 4.90 Å². The summed E-state index contributed by atoms with van der Waals surface area (Å²) in [5.41, 5.74) is 1.41. The van der Waals surface area contributed by atoms with Gasteiger partial charge in [0.1, 0.15) is 0 Å². The van der Waals surface area contributed by atoms with Crippen molar-refractivity contribution < 1.29 is 9.84 Å². The minimum absolute atomic E-state index is 0.00123. The van der Waals surface area contributed by atoms with E-state index < -0.39 is 0 Å². The van der Waals surface area contributed by atoms with Gasteiger partial charge < -0.3 is 9.84 Å². The third-order valence-electron chi connectivity index (χ3n) is 3.11. The average molecular weight is 241 g/mol. The highest BCUT2D eigenvalue weighted by molar-refractivity contribution is 7.07. The monoisotopic (exact) mass is 241 g/mol. The van der Waals surface area contributed by atoms with Crippen molar-refractivity contribution in [2.75, 3.05) is 26.3 Å².